The Bertz CT molecular complexity index is 1230. The number of amides is 1. The molecule has 0 radical (unpaired) electrons. The molecule has 4 aromatic rings. The van der Waals surface area contributed by atoms with Gasteiger partial charge in [0.05, 0.1) is 6.20 Å². The van der Waals surface area contributed by atoms with Gasteiger partial charge in [-0.15, -0.1) is 0 Å². The smallest absolute Gasteiger partial charge is 0.250 e. The molecule has 1 aromatic carbocycles. The largest absolute Gasteiger partial charge is 0.312 e. The third kappa shape index (κ3) is 3.20. The van der Waals surface area contributed by atoms with Gasteiger partial charge < -0.3 is 9.80 Å². The van der Waals surface area contributed by atoms with Crippen molar-refractivity contribution < 1.29 is 4.79 Å². The fourth-order valence-electron chi connectivity index (χ4n) is 3.82. The number of rotatable bonds is 4. The van der Waals surface area contributed by atoms with Crippen LogP contribution in [0.5, 0.6) is 0 Å². The van der Waals surface area contributed by atoms with Crippen molar-refractivity contribution in [1.82, 2.24) is 29.5 Å². The van der Waals surface area contributed by atoms with E-state index in [1.807, 2.05) is 36.1 Å². The van der Waals surface area contributed by atoms with Crippen molar-refractivity contribution >= 4 is 23.1 Å². The maximum Gasteiger partial charge on any atom is 0.250 e. The SMILES string of the molecule is CCC1C(=O)N(C)c2cnc(-n3ccnc3)nc2N1c1cccc(-c2cncnc2)c1. The third-order valence-corrected chi connectivity index (χ3v) is 5.39. The first-order chi connectivity index (χ1) is 15.2. The number of anilines is 3. The van der Waals surface area contributed by atoms with Crippen LogP contribution in [0.1, 0.15) is 13.3 Å². The summed E-state index contributed by atoms with van der Waals surface area (Å²) in [5.74, 6) is 1.17. The summed E-state index contributed by atoms with van der Waals surface area (Å²) in [6.07, 6.45) is 12.5. The van der Waals surface area contributed by atoms with E-state index in [2.05, 4.69) is 19.9 Å². The van der Waals surface area contributed by atoms with Crippen LogP contribution in [0.3, 0.4) is 0 Å². The lowest BCUT2D eigenvalue weighted by Gasteiger charge is -2.40. The summed E-state index contributed by atoms with van der Waals surface area (Å²) in [7, 11) is 1.76. The second kappa shape index (κ2) is 7.60. The van der Waals surface area contributed by atoms with Crippen LogP contribution in [0.4, 0.5) is 17.2 Å². The predicted octanol–water partition coefficient (Wildman–Crippen LogP) is 3.01. The molecule has 3 aromatic heterocycles. The summed E-state index contributed by atoms with van der Waals surface area (Å²) < 4.78 is 1.74. The van der Waals surface area contributed by atoms with Gasteiger partial charge in [0.25, 0.3) is 0 Å². The Hall–Kier alpha value is -4.14. The molecule has 1 aliphatic heterocycles. The lowest BCUT2D eigenvalue weighted by molar-refractivity contribution is -0.119. The normalized spacial score (nSPS) is 15.8. The standard InChI is InChI=1S/C22H20N8O/c1-3-18-21(31)28(2)19-12-26-22(29-8-7-23-14-29)27-20(19)30(18)17-6-4-5-15(9-17)16-10-24-13-25-11-16/h4-14,18H,3H2,1-2H3. The van der Waals surface area contributed by atoms with Gasteiger partial charge in [-0.2, -0.15) is 4.98 Å². The molecule has 154 valence electrons. The summed E-state index contributed by atoms with van der Waals surface area (Å²) >= 11 is 0. The molecule has 31 heavy (non-hydrogen) atoms. The van der Waals surface area contributed by atoms with Crippen LogP contribution < -0.4 is 9.80 Å². The highest BCUT2D eigenvalue weighted by Gasteiger charge is 2.38. The van der Waals surface area contributed by atoms with E-state index >= 15 is 0 Å². The zero-order valence-corrected chi connectivity index (χ0v) is 17.1. The summed E-state index contributed by atoms with van der Waals surface area (Å²) in [6.45, 7) is 2.00. The van der Waals surface area contributed by atoms with Crippen LogP contribution in [0.2, 0.25) is 0 Å². The number of hydrogen-bond acceptors (Lipinski definition) is 7. The highest BCUT2D eigenvalue weighted by Crippen LogP contribution is 2.40. The molecule has 1 amide bonds. The minimum absolute atomic E-state index is 0.00225. The van der Waals surface area contributed by atoms with Crippen molar-refractivity contribution in [2.45, 2.75) is 19.4 Å². The molecule has 0 N–H and O–H groups in total. The van der Waals surface area contributed by atoms with Gasteiger partial charge >= 0.3 is 0 Å². The molecule has 1 aliphatic rings. The highest BCUT2D eigenvalue weighted by molar-refractivity contribution is 6.06. The quantitative estimate of drug-likeness (QED) is 0.509. The first-order valence-corrected chi connectivity index (χ1v) is 9.95. The zero-order chi connectivity index (χ0) is 21.4. The number of fused-ring (bicyclic) bond motifs is 1. The fraction of sp³-hybridized carbons (Fsp3) is 0.182. The van der Waals surface area contributed by atoms with Crippen molar-refractivity contribution in [3.05, 3.63) is 67.9 Å². The van der Waals surface area contributed by atoms with Crippen LogP contribution in [-0.4, -0.2) is 48.5 Å². The Labute approximate surface area is 179 Å². The van der Waals surface area contributed by atoms with E-state index in [1.165, 1.54) is 6.33 Å². The Balaban J connectivity index is 1.68. The molecule has 0 spiro atoms. The first-order valence-electron chi connectivity index (χ1n) is 9.95. The molecular weight excluding hydrogens is 392 g/mol. The van der Waals surface area contributed by atoms with E-state index in [4.69, 9.17) is 4.98 Å². The number of benzene rings is 1. The first kappa shape index (κ1) is 18.9. The van der Waals surface area contributed by atoms with Gasteiger partial charge in [0, 0.05) is 43.1 Å². The molecule has 5 rings (SSSR count). The van der Waals surface area contributed by atoms with Crippen molar-refractivity contribution in [2.24, 2.45) is 0 Å². The Morgan fingerprint density at radius 2 is 1.90 bits per heavy atom. The van der Waals surface area contributed by atoms with Crippen LogP contribution in [0.15, 0.2) is 67.9 Å². The van der Waals surface area contributed by atoms with Gasteiger partial charge in [-0.3, -0.25) is 9.36 Å². The molecule has 1 atom stereocenters. The molecule has 0 saturated carbocycles. The second-order valence-corrected chi connectivity index (χ2v) is 7.22. The number of nitrogens with zero attached hydrogens (tertiary/aromatic N) is 8. The van der Waals surface area contributed by atoms with E-state index in [0.717, 1.165) is 16.8 Å². The highest BCUT2D eigenvalue weighted by atomic mass is 16.2. The lowest BCUT2D eigenvalue weighted by Crippen LogP contribution is -2.50. The average Bonchev–Trinajstić information content (AvgIpc) is 3.36. The molecular formula is C22H20N8O. The fourth-order valence-corrected chi connectivity index (χ4v) is 3.82. The molecule has 1 unspecified atom stereocenters. The molecule has 0 fully saturated rings. The third-order valence-electron chi connectivity index (χ3n) is 5.39. The van der Waals surface area contributed by atoms with E-state index in [9.17, 15) is 4.79 Å². The molecule has 0 saturated heterocycles. The maximum atomic E-state index is 13.2. The molecule has 9 nitrogen and oxygen atoms in total. The summed E-state index contributed by atoms with van der Waals surface area (Å²) in [5, 5.41) is 0. The van der Waals surface area contributed by atoms with Gasteiger partial charge in [-0.05, 0) is 24.1 Å². The van der Waals surface area contributed by atoms with Gasteiger partial charge in [-0.25, -0.2) is 19.9 Å². The van der Waals surface area contributed by atoms with Gasteiger partial charge in [0.2, 0.25) is 11.9 Å². The number of aromatic nitrogens is 6. The van der Waals surface area contributed by atoms with E-state index in [1.54, 1.807) is 53.8 Å². The minimum atomic E-state index is -0.384. The number of carbonyl (C=O) groups excluding carboxylic acids is 1. The molecule has 4 heterocycles. The summed E-state index contributed by atoms with van der Waals surface area (Å²) in [6, 6.07) is 7.59. The Kier molecular flexibility index (Phi) is 4.62. The van der Waals surface area contributed by atoms with Gasteiger partial charge in [0.1, 0.15) is 24.4 Å². The van der Waals surface area contributed by atoms with Gasteiger partial charge in [0.15, 0.2) is 5.82 Å². The van der Waals surface area contributed by atoms with Crippen molar-refractivity contribution in [1.29, 1.82) is 0 Å². The topological polar surface area (TPSA) is 92.9 Å². The molecule has 0 bridgehead atoms. The molecule has 9 heteroatoms. The Morgan fingerprint density at radius 3 is 2.65 bits per heavy atom. The zero-order valence-electron chi connectivity index (χ0n) is 17.1. The number of carbonyl (C=O) groups is 1. The summed E-state index contributed by atoms with van der Waals surface area (Å²) in [5.41, 5.74) is 3.39. The predicted molar refractivity (Wildman–Crippen MR) is 116 cm³/mol. The van der Waals surface area contributed by atoms with Crippen LogP contribution >= 0.6 is 0 Å². The molecule has 0 aliphatic carbocycles. The number of hydrogen-bond donors (Lipinski definition) is 0. The minimum Gasteiger partial charge on any atom is -0.312 e. The van der Waals surface area contributed by atoms with Gasteiger partial charge in [-0.1, -0.05) is 19.1 Å². The van der Waals surface area contributed by atoms with Crippen LogP contribution in [0.25, 0.3) is 17.1 Å². The number of likely N-dealkylation sites (N-methyl/N-ethyl adjacent to an activating group) is 1. The second-order valence-electron chi connectivity index (χ2n) is 7.22. The van der Waals surface area contributed by atoms with E-state index in [-0.39, 0.29) is 11.9 Å². The van der Waals surface area contributed by atoms with E-state index in [0.29, 0.717) is 23.9 Å². The van der Waals surface area contributed by atoms with Crippen molar-refractivity contribution in [3.63, 3.8) is 0 Å². The summed E-state index contributed by atoms with van der Waals surface area (Å²) in [4.78, 5) is 38.4. The average molecular weight is 412 g/mol. The maximum absolute atomic E-state index is 13.2. The van der Waals surface area contributed by atoms with E-state index < -0.39 is 0 Å². The monoisotopic (exact) mass is 412 g/mol. The lowest BCUT2D eigenvalue weighted by atomic mass is 10.0. The Morgan fingerprint density at radius 1 is 1.06 bits per heavy atom. The number of imidazole rings is 1. The van der Waals surface area contributed by atoms with Crippen molar-refractivity contribution in [2.75, 3.05) is 16.8 Å². The van der Waals surface area contributed by atoms with Crippen LogP contribution in [-0.2, 0) is 4.79 Å². The van der Waals surface area contributed by atoms with Crippen molar-refractivity contribution in [3.8, 4) is 17.1 Å². The van der Waals surface area contributed by atoms with Crippen LogP contribution in [0, 0.1) is 0 Å².